The van der Waals surface area contributed by atoms with Crippen molar-refractivity contribution >= 4 is 6.09 Å². The monoisotopic (exact) mass is 455 g/mol. The zero-order valence-electron chi connectivity index (χ0n) is 20.3. The number of hydrogen-bond acceptors (Lipinski definition) is 2. The van der Waals surface area contributed by atoms with E-state index in [1.807, 2.05) is 11.0 Å². The number of amides is 1. The zero-order chi connectivity index (χ0) is 23.3. The maximum Gasteiger partial charge on any atom is 0.410 e. The molecule has 34 heavy (non-hydrogen) atoms. The third kappa shape index (κ3) is 4.71. The van der Waals surface area contributed by atoms with E-state index in [0.717, 1.165) is 25.7 Å². The summed E-state index contributed by atoms with van der Waals surface area (Å²) in [4.78, 5) is 15.2. The average molecular weight is 456 g/mol. The van der Waals surface area contributed by atoms with Crippen LogP contribution >= 0.6 is 0 Å². The third-order valence-electron chi connectivity index (χ3n) is 7.93. The third-order valence-corrected chi connectivity index (χ3v) is 7.93. The molecule has 178 valence electrons. The molecule has 2 heterocycles. The number of allylic oxidation sites excluding steroid dienone is 1. The lowest BCUT2D eigenvalue weighted by atomic mass is 9.96. The van der Waals surface area contributed by atoms with Gasteiger partial charge < -0.3 is 4.74 Å². The Labute approximate surface area is 204 Å². The summed E-state index contributed by atoms with van der Waals surface area (Å²) in [5, 5.41) is 0. The van der Waals surface area contributed by atoms with E-state index in [4.69, 9.17) is 4.74 Å². The van der Waals surface area contributed by atoms with E-state index >= 15 is 0 Å². The maximum atomic E-state index is 13.2. The van der Waals surface area contributed by atoms with Crippen molar-refractivity contribution < 1.29 is 9.53 Å². The van der Waals surface area contributed by atoms with Crippen molar-refractivity contribution in [2.45, 2.75) is 82.2 Å². The molecule has 2 aliphatic heterocycles. The second-order valence-corrected chi connectivity index (χ2v) is 10.1. The minimum atomic E-state index is -0.133. The summed E-state index contributed by atoms with van der Waals surface area (Å²) < 4.78 is 5.99. The van der Waals surface area contributed by atoms with Gasteiger partial charge in [-0.2, -0.15) is 0 Å². The Balaban J connectivity index is 1.16. The Bertz CT molecular complexity index is 1010. The number of nitrogens with zero attached hydrogens (tertiary/aromatic N) is 1. The first-order valence-electron chi connectivity index (χ1n) is 13.2. The molecule has 5 rings (SSSR count). The summed E-state index contributed by atoms with van der Waals surface area (Å²) in [5.74, 6) is 0.122. The van der Waals surface area contributed by atoms with Gasteiger partial charge in [0.05, 0.1) is 6.04 Å². The van der Waals surface area contributed by atoms with Crippen LogP contribution in [0.15, 0.2) is 72.8 Å². The van der Waals surface area contributed by atoms with E-state index in [1.54, 1.807) is 5.57 Å². The van der Waals surface area contributed by atoms with Crippen LogP contribution in [-0.4, -0.2) is 29.7 Å². The highest BCUT2D eigenvalue weighted by atomic mass is 16.6. The van der Waals surface area contributed by atoms with Crippen LogP contribution in [0.3, 0.4) is 0 Å². The van der Waals surface area contributed by atoms with Gasteiger partial charge in [0.25, 0.3) is 0 Å². The molecule has 2 aromatic rings. The SMILES string of the molecule is C=CCCCCCCCC1=CC2CCC(C1)N2C(=O)OCC1c2ccccc2-c2ccccc21. The van der Waals surface area contributed by atoms with Crippen LogP contribution in [0.2, 0.25) is 0 Å². The van der Waals surface area contributed by atoms with E-state index in [-0.39, 0.29) is 18.1 Å². The topological polar surface area (TPSA) is 29.5 Å². The first-order chi connectivity index (χ1) is 16.8. The molecule has 1 fully saturated rings. The van der Waals surface area contributed by atoms with Gasteiger partial charge in [-0.3, -0.25) is 4.90 Å². The molecule has 1 aliphatic carbocycles. The van der Waals surface area contributed by atoms with Crippen molar-refractivity contribution in [3.05, 3.63) is 84.0 Å². The molecule has 2 unspecified atom stereocenters. The standard InChI is InChI=1S/C31H37NO2/c1-2-3-4-5-6-7-8-13-23-20-24-18-19-25(21-23)32(24)31(33)34-22-30-28-16-11-9-14-26(28)27-15-10-12-17-29(27)30/h2,9-12,14-17,20,24-25,30H,1,3-8,13,18-19,21-22H2. The molecule has 0 spiro atoms. The Morgan fingerprint density at radius 3 is 2.32 bits per heavy atom. The molecular formula is C31H37NO2. The molecule has 3 heteroatoms. The molecule has 2 atom stereocenters. The number of carbonyl (C=O) groups excluding carboxylic acids is 1. The maximum absolute atomic E-state index is 13.2. The van der Waals surface area contributed by atoms with Crippen molar-refractivity contribution in [1.29, 1.82) is 0 Å². The number of hydrogen-bond donors (Lipinski definition) is 0. The lowest BCUT2D eigenvalue weighted by Gasteiger charge is -2.33. The Kier molecular flexibility index (Phi) is 7.18. The minimum absolute atomic E-state index is 0.122. The van der Waals surface area contributed by atoms with Gasteiger partial charge in [-0.25, -0.2) is 4.79 Å². The molecular weight excluding hydrogens is 418 g/mol. The van der Waals surface area contributed by atoms with E-state index in [0.29, 0.717) is 12.6 Å². The molecule has 0 N–H and O–H groups in total. The van der Waals surface area contributed by atoms with Crippen molar-refractivity contribution in [2.24, 2.45) is 0 Å². The van der Waals surface area contributed by atoms with Crippen molar-refractivity contribution in [2.75, 3.05) is 6.61 Å². The fraction of sp³-hybridized carbons (Fsp3) is 0.452. The highest BCUT2D eigenvalue weighted by Crippen LogP contribution is 2.45. The molecule has 0 aromatic heterocycles. The van der Waals surface area contributed by atoms with Gasteiger partial charge in [-0.05, 0) is 67.2 Å². The van der Waals surface area contributed by atoms with Crippen LogP contribution in [0, 0.1) is 0 Å². The summed E-state index contributed by atoms with van der Waals surface area (Å²) in [5.41, 5.74) is 6.63. The number of benzene rings is 2. The molecule has 1 saturated heterocycles. The van der Waals surface area contributed by atoms with Crippen molar-refractivity contribution in [3.8, 4) is 11.1 Å². The lowest BCUT2D eigenvalue weighted by Crippen LogP contribution is -2.43. The first-order valence-corrected chi connectivity index (χ1v) is 13.2. The molecule has 0 saturated carbocycles. The van der Waals surface area contributed by atoms with Crippen LogP contribution in [0.1, 0.15) is 81.3 Å². The molecule has 0 radical (unpaired) electrons. The van der Waals surface area contributed by atoms with Gasteiger partial charge in [0.2, 0.25) is 0 Å². The summed E-state index contributed by atoms with van der Waals surface area (Å²) in [7, 11) is 0. The Morgan fingerprint density at radius 1 is 0.941 bits per heavy atom. The Hall–Kier alpha value is -2.81. The Morgan fingerprint density at radius 2 is 1.62 bits per heavy atom. The first kappa shape index (κ1) is 23.0. The van der Waals surface area contributed by atoms with Gasteiger partial charge in [0.15, 0.2) is 0 Å². The normalized spacial score (nSPS) is 20.6. The molecule has 3 nitrogen and oxygen atoms in total. The molecule has 2 bridgehead atoms. The second kappa shape index (κ2) is 10.6. The molecule has 2 aromatic carbocycles. The summed E-state index contributed by atoms with van der Waals surface area (Å²) in [6.07, 6.45) is 16.3. The van der Waals surface area contributed by atoms with Gasteiger partial charge in [-0.1, -0.05) is 85.5 Å². The average Bonchev–Trinajstić information content (AvgIpc) is 3.33. The van der Waals surface area contributed by atoms with Gasteiger partial charge in [0.1, 0.15) is 6.61 Å². The number of rotatable bonds is 10. The van der Waals surface area contributed by atoms with Crippen LogP contribution in [0.25, 0.3) is 11.1 Å². The van der Waals surface area contributed by atoms with E-state index < -0.39 is 0 Å². The largest absolute Gasteiger partial charge is 0.448 e. The summed E-state index contributed by atoms with van der Waals surface area (Å²) >= 11 is 0. The molecule has 1 amide bonds. The summed E-state index contributed by atoms with van der Waals surface area (Å²) in [6.45, 7) is 4.21. The predicted octanol–water partition coefficient (Wildman–Crippen LogP) is 8.02. The van der Waals surface area contributed by atoms with Crippen LogP contribution < -0.4 is 0 Å². The fourth-order valence-electron chi connectivity index (χ4n) is 6.23. The van der Waals surface area contributed by atoms with Gasteiger partial charge in [-0.15, -0.1) is 6.58 Å². The highest BCUT2D eigenvalue weighted by Gasteiger charge is 2.40. The predicted molar refractivity (Wildman–Crippen MR) is 139 cm³/mol. The van der Waals surface area contributed by atoms with Crippen LogP contribution in [0.5, 0.6) is 0 Å². The highest BCUT2D eigenvalue weighted by molar-refractivity contribution is 5.79. The number of carbonyl (C=O) groups is 1. The van der Waals surface area contributed by atoms with E-state index in [2.05, 4.69) is 61.2 Å². The zero-order valence-corrected chi connectivity index (χ0v) is 20.3. The number of unbranched alkanes of at least 4 members (excludes halogenated alkanes) is 5. The lowest BCUT2D eigenvalue weighted by molar-refractivity contribution is 0.0848. The van der Waals surface area contributed by atoms with E-state index in [1.165, 1.54) is 60.8 Å². The second-order valence-electron chi connectivity index (χ2n) is 10.1. The van der Waals surface area contributed by atoms with Crippen LogP contribution in [-0.2, 0) is 4.74 Å². The van der Waals surface area contributed by atoms with Gasteiger partial charge >= 0.3 is 6.09 Å². The van der Waals surface area contributed by atoms with Crippen molar-refractivity contribution in [3.63, 3.8) is 0 Å². The quantitative estimate of drug-likeness (QED) is 0.268. The minimum Gasteiger partial charge on any atom is -0.448 e. The van der Waals surface area contributed by atoms with Crippen LogP contribution in [0.4, 0.5) is 4.79 Å². The number of fused-ring (bicyclic) bond motifs is 5. The smallest absolute Gasteiger partial charge is 0.410 e. The summed E-state index contributed by atoms with van der Waals surface area (Å²) in [6, 6.07) is 17.6. The molecule has 3 aliphatic rings. The number of ether oxygens (including phenoxy) is 1. The van der Waals surface area contributed by atoms with Gasteiger partial charge in [0, 0.05) is 12.0 Å². The van der Waals surface area contributed by atoms with Crippen molar-refractivity contribution in [1.82, 2.24) is 4.90 Å². The fourth-order valence-corrected chi connectivity index (χ4v) is 6.23. The van der Waals surface area contributed by atoms with E-state index in [9.17, 15) is 4.79 Å².